The number of nitrogens with two attached hydrogens (primary N) is 1. The summed E-state index contributed by atoms with van der Waals surface area (Å²) in [6.45, 7) is 2.77. The fraction of sp³-hybridized carbons (Fsp3) is 0.211. The Labute approximate surface area is 135 Å². The van der Waals surface area contributed by atoms with Gasteiger partial charge in [-0.3, -0.25) is 4.79 Å². The zero-order valence-electron chi connectivity index (χ0n) is 13.2. The summed E-state index contributed by atoms with van der Waals surface area (Å²) < 4.78 is 0. The normalized spacial score (nSPS) is 12.4. The highest BCUT2D eigenvalue weighted by Gasteiger charge is 2.17. The van der Waals surface area contributed by atoms with Crippen LogP contribution in [0.15, 0.2) is 54.6 Å². The molecule has 1 unspecified atom stereocenters. The van der Waals surface area contributed by atoms with E-state index in [4.69, 9.17) is 5.73 Å². The highest BCUT2D eigenvalue weighted by Crippen LogP contribution is 2.22. The summed E-state index contributed by atoms with van der Waals surface area (Å²) in [7, 11) is 0. The molecule has 0 aliphatic rings. The molecule has 0 radical (unpaired) electrons. The van der Waals surface area contributed by atoms with Crippen molar-refractivity contribution in [3.05, 3.63) is 71.4 Å². The first-order valence-electron chi connectivity index (χ1n) is 7.80. The second-order valence-electron chi connectivity index (χ2n) is 5.72. The molecule has 118 valence electrons. The lowest BCUT2D eigenvalue weighted by Gasteiger charge is -2.15. The molecule has 0 saturated heterocycles. The summed E-state index contributed by atoms with van der Waals surface area (Å²) in [5.74, 6) is -0.355. The number of benzene rings is 2. The number of para-hydroxylation sites is 1. The summed E-state index contributed by atoms with van der Waals surface area (Å²) in [5.41, 5.74) is 10.0. The van der Waals surface area contributed by atoms with Crippen LogP contribution in [-0.4, -0.2) is 17.4 Å². The third kappa shape index (κ3) is 3.27. The van der Waals surface area contributed by atoms with Crippen LogP contribution < -0.4 is 11.1 Å². The number of aromatic nitrogens is 1. The number of aromatic amines is 1. The van der Waals surface area contributed by atoms with Crippen LogP contribution in [0.4, 0.5) is 0 Å². The Kier molecular flexibility index (Phi) is 4.44. The third-order valence-corrected chi connectivity index (χ3v) is 4.17. The van der Waals surface area contributed by atoms with Gasteiger partial charge in [0.2, 0.25) is 5.91 Å². The van der Waals surface area contributed by atoms with Crippen molar-refractivity contribution in [3.8, 4) is 0 Å². The van der Waals surface area contributed by atoms with E-state index in [0.29, 0.717) is 6.54 Å². The first-order chi connectivity index (χ1) is 11.2. The van der Waals surface area contributed by atoms with Crippen molar-refractivity contribution in [2.24, 2.45) is 5.73 Å². The van der Waals surface area contributed by atoms with E-state index in [9.17, 15) is 4.79 Å². The highest BCUT2D eigenvalue weighted by molar-refractivity contribution is 5.84. The number of nitrogens with one attached hydrogen (secondary N) is 2. The molecule has 4 N–H and O–H groups in total. The van der Waals surface area contributed by atoms with E-state index in [-0.39, 0.29) is 5.91 Å². The number of amides is 1. The van der Waals surface area contributed by atoms with Crippen molar-refractivity contribution in [1.82, 2.24) is 10.3 Å². The second kappa shape index (κ2) is 6.67. The van der Waals surface area contributed by atoms with E-state index in [1.807, 2.05) is 42.5 Å². The predicted octanol–water partition coefficient (Wildman–Crippen LogP) is 2.84. The van der Waals surface area contributed by atoms with E-state index in [0.717, 1.165) is 17.5 Å². The highest BCUT2D eigenvalue weighted by atomic mass is 16.1. The quantitative estimate of drug-likeness (QED) is 0.655. The standard InChI is InChI=1S/C19H21N3O/c1-13-15(16-9-5-6-10-17(16)22-13)11-12-21-18(19(20)23)14-7-3-2-4-8-14/h2-10,18,21-22H,11-12H2,1H3,(H2,20,23). The molecule has 0 aliphatic carbocycles. The van der Waals surface area contributed by atoms with Crippen molar-refractivity contribution in [3.63, 3.8) is 0 Å². The van der Waals surface area contributed by atoms with Crippen molar-refractivity contribution in [2.75, 3.05) is 6.54 Å². The minimum atomic E-state index is -0.457. The van der Waals surface area contributed by atoms with Gasteiger partial charge in [0.1, 0.15) is 6.04 Å². The van der Waals surface area contributed by atoms with Crippen molar-refractivity contribution >= 4 is 16.8 Å². The molecular weight excluding hydrogens is 286 g/mol. The molecule has 3 aromatic rings. The summed E-state index contributed by atoms with van der Waals surface area (Å²) in [5, 5.41) is 4.52. The van der Waals surface area contributed by atoms with E-state index < -0.39 is 6.04 Å². The number of carbonyl (C=O) groups is 1. The van der Waals surface area contributed by atoms with E-state index >= 15 is 0 Å². The SMILES string of the molecule is Cc1[nH]c2ccccc2c1CCNC(C(N)=O)c1ccccc1. The Balaban J connectivity index is 1.72. The molecule has 23 heavy (non-hydrogen) atoms. The van der Waals surface area contributed by atoms with Gasteiger partial charge in [-0.05, 0) is 30.5 Å². The first kappa shape index (κ1) is 15.3. The molecule has 0 fully saturated rings. The van der Waals surface area contributed by atoms with Gasteiger partial charge in [0, 0.05) is 23.1 Å². The average molecular weight is 307 g/mol. The Bertz CT molecular complexity index is 808. The number of H-pyrrole nitrogens is 1. The average Bonchev–Trinajstić information content (AvgIpc) is 2.87. The molecule has 0 bridgehead atoms. The Morgan fingerprint density at radius 3 is 2.57 bits per heavy atom. The fourth-order valence-corrected chi connectivity index (χ4v) is 3.03. The number of aryl methyl sites for hydroxylation is 1. The summed E-state index contributed by atoms with van der Waals surface area (Å²) >= 11 is 0. The number of carbonyl (C=O) groups excluding carboxylic acids is 1. The van der Waals surface area contributed by atoms with Gasteiger partial charge < -0.3 is 16.0 Å². The maximum Gasteiger partial charge on any atom is 0.239 e. The largest absolute Gasteiger partial charge is 0.368 e. The fourth-order valence-electron chi connectivity index (χ4n) is 3.03. The van der Waals surface area contributed by atoms with Crippen LogP contribution in [0, 0.1) is 6.92 Å². The summed E-state index contributed by atoms with van der Waals surface area (Å²) in [6, 6.07) is 17.4. The number of primary amides is 1. The molecule has 1 aromatic heterocycles. The monoisotopic (exact) mass is 307 g/mol. The summed E-state index contributed by atoms with van der Waals surface area (Å²) in [6.07, 6.45) is 0.840. The molecule has 1 amide bonds. The minimum Gasteiger partial charge on any atom is -0.368 e. The lowest BCUT2D eigenvalue weighted by molar-refractivity contribution is -0.120. The van der Waals surface area contributed by atoms with Crippen LogP contribution in [0.3, 0.4) is 0 Å². The zero-order valence-corrected chi connectivity index (χ0v) is 13.2. The number of rotatable bonds is 6. The van der Waals surface area contributed by atoms with E-state index in [1.54, 1.807) is 0 Å². The lowest BCUT2D eigenvalue weighted by atomic mass is 10.0. The van der Waals surface area contributed by atoms with Crippen molar-refractivity contribution in [1.29, 1.82) is 0 Å². The molecule has 1 heterocycles. The lowest BCUT2D eigenvalue weighted by Crippen LogP contribution is -2.34. The van der Waals surface area contributed by atoms with E-state index in [2.05, 4.69) is 29.4 Å². The maximum atomic E-state index is 11.7. The van der Waals surface area contributed by atoms with E-state index in [1.165, 1.54) is 16.6 Å². The van der Waals surface area contributed by atoms with Gasteiger partial charge in [-0.15, -0.1) is 0 Å². The first-order valence-corrected chi connectivity index (χ1v) is 7.80. The zero-order chi connectivity index (χ0) is 16.2. The van der Waals surface area contributed by atoms with Crippen LogP contribution >= 0.6 is 0 Å². The molecule has 0 spiro atoms. The van der Waals surface area contributed by atoms with Crippen LogP contribution in [0.25, 0.3) is 10.9 Å². The van der Waals surface area contributed by atoms with Gasteiger partial charge in [-0.1, -0.05) is 48.5 Å². The Hall–Kier alpha value is -2.59. The topological polar surface area (TPSA) is 70.9 Å². The number of hydrogen-bond acceptors (Lipinski definition) is 2. The van der Waals surface area contributed by atoms with Gasteiger partial charge in [0.25, 0.3) is 0 Å². The van der Waals surface area contributed by atoms with Gasteiger partial charge in [-0.25, -0.2) is 0 Å². The third-order valence-electron chi connectivity index (χ3n) is 4.17. The van der Waals surface area contributed by atoms with Crippen molar-refractivity contribution < 1.29 is 4.79 Å². The summed E-state index contributed by atoms with van der Waals surface area (Å²) in [4.78, 5) is 15.1. The molecule has 0 saturated carbocycles. The van der Waals surface area contributed by atoms with Gasteiger partial charge in [-0.2, -0.15) is 0 Å². The molecule has 0 aliphatic heterocycles. The Morgan fingerprint density at radius 1 is 1.13 bits per heavy atom. The Morgan fingerprint density at radius 2 is 1.83 bits per heavy atom. The van der Waals surface area contributed by atoms with Crippen molar-refractivity contribution in [2.45, 2.75) is 19.4 Å². The van der Waals surface area contributed by atoms with Crippen LogP contribution in [0.5, 0.6) is 0 Å². The predicted molar refractivity (Wildman–Crippen MR) is 93.1 cm³/mol. The van der Waals surface area contributed by atoms with Crippen LogP contribution in [0.1, 0.15) is 22.9 Å². The minimum absolute atomic E-state index is 0.355. The molecule has 4 heteroatoms. The molecule has 3 rings (SSSR count). The smallest absolute Gasteiger partial charge is 0.239 e. The van der Waals surface area contributed by atoms with Gasteiger partial charge >= 0.3 is 0 Å². The maximum absolute atomic E-state index is 11.7. The molecular formula is C19H21N3O. The van der Waals surface area contributed by atoms with Crippen LogP contribution in [0.2, 0.25) is 0 Å². The van der Waals surface area contributed by atoms with Crippen LogP contribution in [-0.2, 0) is 11.2 Å². The molecule has 2 aromatic carbocycles. The second-order valence-corrected chi connectivity index (χ2v) is 5.72. The molecule has 4 nitrogen and oxygen atoms in total. The van der Waals surface area contributed by atoms with Gasteiger partial charge in [0.05, 0.1) is 0 Å². The number of fused-ring (bicyclic) bond motifs is 1. The van der Waals surface area contributed by atoms with Gasteiger partial charge in [0.15, 0.2) is 0 Å². The molecule has 1 atom stereocenters. The number of hydrogen-bond donors (Lipinski definition) is 3.